The Balaban J connectivity index is 1.66. The highest BCUT2D eigenvalue weighted by Crippen LogP contribution is 2.35. The molecule has 2 aliphatic heterocycles. The highest BCUT2D eigenvalue weighted by molar-refractivity contribution is 6.05. The molecule has 0 aromatic heterocycles. The van der Waals surface area contributed by atoms with Crippen LogP contribution in [0.1, 0.15) is 18.4 Å². The molecular weight excluding hydrogens is 324 g/mol. The van der Waals surface area contributed by atoms with Crippen LogP contribution in [0.15, 0.2) is 70.6 Å². The van der Waals surface area contributed by atoms with Crippen LogP contribution in [0.2, 0.25) is 0 Å². The van der Waals surface area contributed by atoms with Crippen molar-refractivity contribution in [2.24, 2.45) is 21.5 Å². The van der Waals surface area contributed by atoms with Gasteiger partial charge in [-0.25, -0.2) is 4.99 Å². The summed E-state index contributed by atoms with van der Waals surface area (Å²) < 4.78 is 0. The molecule has 134 valence electrons. The number of likely N-dealkylation sites (tertiary alicyclic amines) is 1. The van der Waals surface area contributed by atoms with Crippen molar-refractivity contribution in [3.05, 3.63) is 66.2 Å². The normalized spacial score (nSPS) is 23.6. The molecule has 0 bridgehead atoms. The molecule has 4 N–H and O–H groups in total. The summed E-state index contributed by atoms with van der Waals surface area (Å²) in [5.41, 5.74) is 14.1. The second-order valence-corrected chi connectivity index (χ2v) is 6.89. The zero-order chi connectivity index (χ0) is 18.0. The lowest BCUT2D eigenvalue weighted by atomic mass is 9.95. The number of para-hydroxylation sites is 1. The predicted molar refractivity (Wildman–Crippen MR) is 106 cm³/mol. The Morgan fingerprint density at radius 1 is 0.962 bits per heavy atom. The number of rotatable bonds is 3. The molecule has 1 spiro atoms. The Bertz CT molecular complexity index is 817. The Morgan fingerprint density at radius 2 is 1.65 bits per heavy atom. The van der Waals surface area contributed by atoms with Gasteiger partial charge in [0.15, 0.2) is 5.66 Å². The summed E-state index contributed by atoms with van der Waals surface area (Å²) in [5, 5.41) is 0. The van der Waals surface area contributed by atoms with Gasteiger partial charge in [0.25, 0.3) is 0 Å². The molecule has 6 nitrogen and oxygen atoms in total. The highest BCUT2D eigenvalue weighted by atomic mass is 15.4. The molecular formula is C20H24N6. The van der Waals surface area contributed by atoms with Crippen molar-refractivity contribution in [2.45, 2.75) is 25.0 Å². The van der Waals surface area contributed by atoms with E-state index in [1.165, 1.54) is 5.56 Å². The molecule has 2 aromatic rings. The van der Waals surface area contributed by atoms with Crippen molar-refractivity contribution in [3.8, 4) is 0 Å². The minimum atomic E-state index is -0.510. The molecule has 0 amide bonds. The fourth-order valence-electron chi connectivity index (χ4n) is 3.97. The van der Waals surface area contributed by atoms with E-state index in [4.69, 9.17) is 16.5 Å². The summed E-state index contributed by atoms with van der Waals surface area (Å²) in [6, 6.07) is 20.6. The molecule has 1 fully saturated rings. The Morgan fingerprint density at radius 3 is 2.38 bits per heavy atom. The van der Waals surface area contributed by atoms with Gasteiger partial charge in [-0.1, -0.05) is 48.5 Å². The molecule has 26 heavy (non-hydrogen) atoms. The van der Waals surface area contributed by atoms with Crippen molar-refractivity contribution in [1.82, 2.24) is 4.90 Å². The third kappa shape index (κ3) is 3.15. The second kappa shape index (κ2) is 6.80. The summed E-state index contributed by atoms with van der Waals surface area (Å²) in [6.07, 6.45) is 1.92. The third-order valence-electron chi connectivity index (χ3n) is 4.99. The number of piperidine rings is 1. The number of nitrogens with zero attached hydrogens (tertiary/aromatic N) is 4. The van der Waals surface area contributed by atoms with Crippen LogP contribution in [-0.2, 0) is 6.54 Å². The summed E-state index contributed by atoms with van der Waals surface area (Å²) >= 11 is 0. The van der Waals surface area contributed by atoms with E-state index in [9.17, 15) is 0 Å². The minimum absolute atomic E-state index is 0.260. The first-order chi connectivity index (χ1) is 12.7. The van der Waals surface area contributed by atoms with Crippen LogP contribution >= 0.6 is 0 Å². The third-order valence-corrected chi connectivity index (χ3v) is 4.99. The van der Waals surface area contributed by atoms with Crippen LogP contribution in [0.4, 0.5) is 5.69 Å². The SMILES string of the molecule is NC1=NC2(CCCN(Cc3ccccc3)C2)N(c2ccccc2)C(N)=N1. The van der Waals surface area contributed by atoms with Gasteiger partial charge in [-0.15, -0.1) is 0 Å². The van der Waals surface area contributed by atoms with Crippen molar-refractivity contribution in [3.63, 3.8) is 0 Å². The summed E-state index contributed by atoms with van der Waals surface area (Å²) in [4.78, 5) is 13.5. The van der Waals surface area contributed by atoms with Crippen molar-refractivity contribution < 1.29 is 0 Å². The molecule has 0 radical (unpaired) electrons. The zero-order valence-corrected chi connectivity index (χ0v) is 14.8. The van der Waals surface area contributed by atoms with E-state index in [1.54, 1.807) is 0 Å². The summed E-state index contributed by atoms with van der Waals surface area (Å²) in [5.74, 6) is 0.668. The van der Waals surface area contributed by atoms with Crippen molar-refractivity contribution in [1.29, 1.82) is 0 Å². The van der Waals surface area contributed by atoms with Crippen LogP contribution in [0, 0.1) is 0 Å². The maximum absolute atomic E-state index is 6.30. The number of hydrogen-bond acceptors (Lipinski definition) is 6. The van der Waals surface area contributed by atoms with Gasteiger partial charge < -0.3 is 11.5 Å². The number of hydrogen-bond donors (Lipinski definition) is 2. The van der Waals surface area contributed by atoms with E-state index in [0.29, 0.717) is 5.96 Å². The molecule has 2 aliphatic rings. The number of benzene rings is 2. The molecule has 0 aliphatic carbocycles. The lowest BCUT2D eigenvalue weighted by Crippen LogP contribution is -2.63. The number of guanidine groups is 2. The first-order valence-electron chi connectivity index (χ1n) is 8.97. The molecule has 1 saturated heterocycles. The number of anilines is 1. The van der Waals surface area contributed by atoms with Gasteiger partial charge in [0.05, 0.1) is 0 Å². The lowest BCUT2D eigenvalue weighted by Gasteiger charge is -2.48. The largest absolute Gasteiger partial charge is 0.369 e. The molecule has 2 aromatic carbocycles. The van der Waals surface area contributed by atoms with Crippen molar-refractivity contribution in [2.75, 3.05) is 18.0 Å². The molecule has 0 saturated carbocycles. The molecule has 6 heteroatoms. The van der Waals surface area contributed by atoms with Crippen LogP contribution in [-0.4, -0.2) is 35.6 Å². The van der Waals surface area contributed by atoms with Gasteiger partial charge in [-0.05, 0) is 37.1 Å². The second-order valence-electron chi connectivity index (χ2n) is 6.89. The van der Waals surface area contributed by atoms with E-state index in [1.807, 2.05) is 41.3 Å². The number of nitrogens with two attached hydrogens (primary N) is 2. The number of aliphatic imine (C=N–C) groups is 2. The van der Waals surface area contributed by atoms with Crippen LogP contribution in [0.25, 0.3) is 0 Å². The van der Waals surface area contributed by atoms with Crippen molar-refractivity contribution >= 4 is 17.6 Å². The molecule has 2 heterocycles. The first-order valence-corrected chi connectivity index (χ1v) is 8.97. The van der Waals surface area contributed by atoms with Gasteiger partial charge in [0, 0.05) is 18.8 Å². The van der Waals surface area contributed by atoms with Crippen LogP contribution in [0.3, 0.4) is 0 Å². The fourth-order valence-corrected chi connectivity index (χ4v) is 3.97. The first kappa shape index (κ1) is 16.6. The van der Waals surface area contributed by atoms with Gasteiger partial charge in [-0.2, -0.15) is 4.99 Å². The summed E-state index contributed by atoms with van der Waals surface area (Å²) in [6.45, 7) is 2.68. The average molecular weight is 348 g/mol. The zero-order valence-electron chi connectivity index (χ0n) is 14.8. The molecule has 4 rings (SSSR count). The monoisotopic (exact) mass is 348 g/mol. The maximum Gasteiger partial charge on any atom is 0.220 e. The Labute approximate surface area is 153 Å². The van der Waals surface area contributed by atoms with Crippen LogP contribution in [0.5, 0.6) is 0 Å². The minimum Gasteiger partial charge on any atom is -0.369 e. The van der Waals surface area contributed by atoms with Crippen LogP contribution < -0.4 is 16.4 Å². The van der Waals surface area contributed by atoms with E-state index in [2.05, 4.69) is 34.2 Å². The summed E-state index contributed by atoms with van der Waals surface area (Å²) in [7, 11) is 0. The fraction of sp³-hybridized carbons (Fsp3) is 0.300. The standard InChI is InChI=1S/C20H24N6/c21-18-23-19(22)26(17-10-5-2-6-11-17)20(24-18)12-7-13-25(15-20)14-16-8-3-1-4-9-16/h1-6,8-11H,7,12-15H2,(H4,21,22,23,24). The predicted octanol–water partition coefficient (Wildman–Crippen LogP) is 2.13. The van der Waals surface area contributed by atoms with Gasteiger partial charge in [-0.3, -0.25) is 9.80 Å². The maximum atomic E-state index is 6.30. The Kier molecular flexibility index (Phi) is 4.34. The van der Waals surface area contributed by atoms with Gasteiger partial charge >= 0.3 is 0 Å². The van der Waals surface area contributed by atoms with Gasteiger partial charge in [0.1, 0.15) is 0 Å². The quantitative estimate of drug-likeness (QED) is 0.890. The average Bonchev–Trinajstić information content (AvgIpc) is 2.63. The topological polar surface area (TPSA) is 83.2 Å². The molecule has 1 unspecified atom stereocenters. The Hall–Kier alpha value is -2.86. The van der Waals surface area contributed by atoms with E-state index in [-0.39, 0.29) is 5.96 Å². The van der Waals surface area contributed by atoms with E-state index in [0.717, 1.165) is 38.2 Å². The van der Waals surface area contributed by atoms with E-state index < -0.39 is 5.66 Å². The lowest BCUT2D eigenvalue weighted by molar-refractivity contribution is 0.148. The highest BCUT2D eigenvalue weighted by Gasteiger charge is 2.44. The smallest absolute Gasteiger partial charge is 0.220 e. The molecule has 1 atom stereocenters. The van der Waals surface area contributed by atoms with Gasteiger partial charge in [0.2, 0.25) is 11.9 Å². The van der Waals surface area contributed by atoms with E-state index >= 15 is 0 Å².